The van der Waals surface area contributed by atoms with Crippen molar-refractivity contribution in [3.63, 3.8) is 0 Å². The van der Waals surface area contributed by atoms with Gasteiger partial charge < -0.3 is 4.74 Å². The molecule has 1 aromatic rings. The van der Waals surface area contributed by atoms with Crippen LogP contribution in [0, 0.1) is 12.7 Å². The van der Waals surface area contributed by atoms with E-state index in [2.05, 4.69) is 4.74 Å². The van der Waals surface area contributed by atoms with Gasteiger partial charge in [0.1, 0.15) is 11.6 Å². The van der Waals surface area contributed by atoms with Gasteiger partial charge in [0.2, 0.25) is 0 Å². The SMILES string of the molecule is Cc1c(C=O)cc(F)cc1OC(F)F. The van der Waals surface area contributed by atoms with Crippen molar-refractivity contribution in [1.82, 2.24) is 0 Å². The summed E-state index contributed by atoms with van der Waals surface area (Å²) in [6.45, 7) is -1.63. The average Bonchev–Trinajstić information content (AvgIpc) is 2.09. The molecule has 0 aliphatic rings. The topological polar surface area (TPSA) is 26.3 Å². The molecule has 0 radical (unpaired) electrons. The Labute approximate surface area is 78.3 Å². The Bertz CT molecular complexity index is 350. The number of halogens is 3. The van der Waals surface area contributed by atoms with Gasteiger partial charge in [0.15, 0.2) is 6.29 Å². The number of rotatable bonds is 3. The van der Waals surface area contributed by atoms with Crippen LogP contribution in [0.15, 0.2) is 12.1 Å². The van der Waals surface area contributed by atoms with Gasteiger partial charge >= 0.3 is 6.61 Å². The molecule has 1 aromatic carbocycles. The summed E-state index contributed by atoms with van der Waals surface area (Å²) in [7, 11) is 0. The predicted octanol–water partition coefficient (Wildman–Crippen LogP) is 2.55. The number of ether oxygens (including phenoxy) is 1. The second-order valence-electron chi connectivity index (χ2n) is 2.61. The molecule has 0 bridgehead atoms. The Hall–Kier alpha value is -1.52. The summed E-state index contributed by atoms with van der Waals surface area (Å²) < 4.78 is 40.5. The first-order valence-electron chi connectivity index (χ1n) is 3.74. The zero-order valence-corrected chi connectivity index (χ0v) is 7.26. The first-order chi connectivity index (χ1) is 6.54. The molecule has 0 aromatic heterocycles. The highest BCUT2D eigenvalue weighted by molar-refractivity contribution is 5.78. The lowest BCUT2D eigenvalue weighted by molar-refractivity contribution is -0.0504. The fourth-order valence-electron chi connectivity index (χ4n) is 1.02. The molecule has 0 unspecified atom stereocenters. The van der Waals surface area contributed by atoms with Crippen LogP contribution in [0.2, 0.25) is 0 Å². The van der Waals surface area contributed by atoms with E-state index in [1.165, 1.54) is 6.92 Å². The van der Waals surface area contributed by atoms with Gasteiger partial charge in [-0.25, -0.2) is 4.39 Å². The zero-order chi connectivity index (χ0) is 10.7. The quantitative estimate of drug-likeness (QED) is 0.707. The monoisotopic (exact) mass is 204 g/mol. The molecular formula is C9H7F3O2. The van der Waals surface area contributed by atoms with Crippen LogP contribution in [-0.2, 0) is 0 Å². The van der Waals surface area contributed by atoms with Crippen molar-refractivity contribution >= 4 is 6.29 Å². The molecule has 0 N–H and O–H groups in total. The standard InChI is InChI=1S/C9H7F3O2/c1-5-6(4-13)2-7(10)3-8(5)14-9(11)12/h2-4,9H,1H3. The summed E-state index contributed by atoms with van der Waals surface area (Å²) in [5.74, 6) is -1.10. The van der Waals surface area contributed by atoms with Crippen LogP contribution < -0.4 is 4.74 Å². The summed E-state index contributed by atoms with van der Waals surface area (Å²) >= 11 is 0. The Balaban J connectivity index is 3.15. The average molecular weight is 204 g/mol. The largest absolute Gasteiger partial charge is 0.434 e. The third-order valence-electron chi connectivity index (χ3n) is 1.71. The molecular weight excluding hydrogens is 197 g/mol. The minimum atomic E-state index is -3.03. The van der Waals surface area contributed by atoms with Crippen molar-refractivity contribution in [3.05, 3.63) is 29.1 Å². The predicted molar refractivity (Wildman–Crippen MR) is 43.2 cm³/mol. The maximum Gasteiger partial charge on any atom is 0.387 e. The maximum absolute atomic E-state index is 12.8. The molecule has 2 nitrogen and oxygen atoms in total. The van der Waals surface area contributed by atoms with Crippen molar-refractivity contribution in [2.45, 2.75) is 13.5 Å². The summed E-state index contributed by atoms with van der Waals surface area (Å²) in [5.41, 5.74) is 0.197. The molecule has 0 heterocycles. The van der Waals surface area contributed by atoms with E-state index in [0.29, 0.717) is 6.29 Å². The molecule has 0 aliphatic heterocycles. The highest BCUT2D eigenvalue weighted by Crippen LogP contribution is 2.23. The van der Waals surface area contributed by atoms with Gasteiger partial charge in [-0.3, -0.25) is 4.79 Å². The smallest absolute Gasteiger partial charge is 0.387 e. The molecule has 0 atom stereocenters. The lowest BCUT2D eigenvalue weighted by Gasteiger charge is -2.09. The summed E-state index contributed by atoms with van der Waals surface area (Å²) in [5, 5.41) is 0. The van der Waals surface area contributed by atoms with E-state index in [-0.39, 0.29) is 16.9 Å². The molecule has 5 heteroatoms. The van der Waals surface area contributed by atoms with Crippen LogP contribution in [0.1, 0.15) is 15.9 Å². The third kappa shape index (κ3) is 2.25. The van der Waals surface area contributed by atoms with Crippen LogP contribution in [-0.4, -0.2) is 12.9 Å². The number of carbonyl (C=O) groups excluding carboxylic acids is 1. The van der Waals surface area contributed by atoms with Gasteiger partial charge in [-0.05, 0) is 13.0 Å². The molecule has 0 spiro atoms. The number of aldehydes is 1. The van der Waals surface area contributed by atoms with E-state index in [4.69, 9.17) is 0 Å². The van der Waals surface area contributed by atoms with Crippen LogP contribution in [0.3, 0.4) is 0 Å². The second kappa shape index (κ2) is 4.13. The van der Waals surface area contributed by atoms with Gasteiger partial charge in [0, 0.05) is 17.2 Å². The number of hydrogen-bond acceptors (Lipinski definition) is 2. The summed E-state index contributed by atoms with van der Waals surface area (Å²) in [4.78, 5) is 10.4. The van der Waals surface area contributed by atoms with E-state index < -0.39 is 12.4 Å². The number of alkyl halides is 2. The van der Waals surface area contributed by atoms with Gasteiger partial charge in [0.05, 0.1) is 0 Å². The van der Waals surface area contributed by atoms with Gasteiger partial charge in [0.25, 0.3) is 0 Å². The van der Waals surface area contributed by atoms with Crippen LogP contribution in [0.5, 0.6) is 5.75 Å². The third-order valence-corrected chi connectivity index (χ3v) is 1.71. The highest BCUT2D eigenvalue weighted by atomic mass is 19.3. The second-order valence-corrected chi connectivity index (χ2v) is 2.61. The lowest BCUT2D eigenvalue weighted by Crippen LogP contribution is -2.05. The van der Waals surface area contributed by atoms with E-state index >= 15 is 0 Å². The molecule has 1 rings (SSSR count). The van der Waals surface area contributed by atoms with Crippen molar-refractivity contribution in [2.75, 3.05) is 0 Å². The van der Waals surface area contributed by atoms with Crippen LogP contribution in [0.25, 0.3) is 0 Å². The Morgan fingerprint density at radius 1 is 1.43 bits per heavy atom. The maximum atomic E-state index is 12.8. The zero-order valence-electron chi connectivity index (χ0n) is 7.26. The van der Waals surface area contributed by atoms with E-state index in [0.717, 1.165) is 12.1 Å². The molecule has 14 heavy (non-hydrogen) atoms. The molecule has 76 valence electrons. The Morgan fingerprint density at radius 3 is 2.57 bits per heavy atom. The highest BCUT2D eigenvalue weighted by Gasteiger charge is 2.11. The summed E-state index contributed by atoms with van der Waals surface area (Å²) in [6, 6.07) is 1.77. The Morgan fingerprint density at radius 2 is 2.07 bits per heavy atom. The first kappa shape index (κ1) is 10.6. The molecule has 0 fully saturated rings. The van der Waals surface area contributed by atoms with Gasteiger partial charge in [-0.2, -0.15) is 8.78 Å². The van der Waals surface area contributed by atoms with Gasteiger partial charge in [-0.1, -0.05) is 0 Å². The Kier molecular flexibility index (Phi) is 3.11. The van der Waals surface area contributed by atoms with Crippen molar-refractivity contribution in [1.29, 1.82) is 0 Å². The molecule has 0 amide bonds. The van der Waals surface area contributed by atoms with Gasteiger partial charge in [-0.15, -0.1) is 0 Å². The fraction of sp³-hybridized carbons (Fsp3) is 0.222. The van der Waals surface area contributed by atoms with Crippen molar-refractivity contribution in [3.8, 4) is 5.75 Å². The molecule has 0 saturated carbocycles. The van der Waals surface area contributed by atoms with E-state index in [1.807, 2.05) is 0 Å². The molecule has 0 saturated heterocycles. The normalized spacial score (nSPS) is 10.4. The summed E-state index contributed by atoms with van der Waals surface area (Å²) in [6.07, 6.45) is 0.386. The lowest BCUT2D eigenvalue weighted by atomic mass is 10.1. The minimum absolute atomic E-state index is 0.000602. The number of hydrogen-bond donors (Lipinski definition) is 0. The van der Waals surface area contributed by atoms with Crippen LogP contribution in [0.4, 0.5) is 13.2 Å². The van der Waals surface area contributed by atoms with E-state index in [9.17, 15) is 18.0 Å². The van der Waals surface area contributed by atoms with Crippen molar-refractivity contribution < 1.29 is 22.7 Å². The fourth-order valence-corrected chi connectivity index (χ4v) is 1.02. The van der Waals surface area contributed by atoms with Crippen LogP contribution >= 0.6 is 0 Å². The molecule has 0 aliphatic carbocycles. The van der Waals surface area contributed by atoms with E-state index in [1.54, 1.807) is 0 Å². The number of benzene rings is 1. The first-order valence-corrected chi connectivity index (χ1v) is 3.74. The van der Waals surface area contributed by atoms with Crippen molar-refractivity contribution in [2.24, 2.45) is 0 Å². The minimum Gasteiger partial charge on any atom is -0.434 e. The number of carbonyl (C=O) groups is 1.